The molecule has 0 aliphatic heterocycles. The smallest absolute Gasteiger partial charge is 0.0855 e. The highest BCUT2D eigenvalue weighted by molar-refractivity contribution is 4.54. The van der Waals surface area contributed by atoms with Crippen LogP contribution in [0.3, 0.4) is 0 Å². The highest BCUT2D eigenvalue weighted by Gasteiger charge is 2.04. The quantitative estimate of drug-likeness (QED) is 0.0338. The topological polar surface area (TPSA) is 242 Å². The summed E-state index contributed by atoms with van der Waals surface area (Å²) < 4.78 is 0. The molecule has 25 heteroatoms. The van der Waals surface area contributed by atoms with Crippen molar-refractivity contribution in [1.29, 1.82) is 0 Å². The zero-order valence-electron chi connectivity index (χ0n) is 46.6. The second-order valence-corrected chi connectivity index (χ2v) is 19.4. The van der Waals surface area contributed by atoms with Crippen LogP contribution in [0.15, 0.2) is 0 Å². The summed E-state index contributed by atoms with van der Waals surface area (Å²) in [7, 11) is 0. The zero-order valence-corrected chi connectivity index (χ0v) is 46.6. The van der Waals surface area contributed by atoms with Crippen molar-refractivity contribution >= 4 is 0 Å². The first kappa shape index (κ1) is 75.0. The van der Waals surface area contributed by atoms with Gasteiger partial charge in [-0.3, -0.25) is 0 Å². The SMILES string of the molecule is CCCCCCCCCCCCCCCCCCCCCCCCCCCCCCCCCCCCCCCCCCCCCCCCCCCOOOOOOOOOOOOOOOOOOOOOOOOO. The van der Waals surface area contributed by atoms with Gasteiger partial charge in [0, 0.05) is 35.3 Å². The molecule has 0 aromatic heterocycles. The first-order chi connectivity index (χ1) is 37.9. The van der Waals surface area contributed by atoms with Crippen LogP contribution in [0.5, 0.6) is 0 Å². The molecule has 0 aliphatic rings. The lowest BCUT2D eigenvalue weighted by atomic mass is 10.0. The highest BCUT2D eigenvalue weighted by atomic mass is 18.0. The van der Waals surface area contributed by atoms with E-state index in [4.69, 9.17) is 10.1 Å². The molecule has 76 heavy (non-hydrogen) atoms. The fourth-order valence-corrected chi connectivity index (χ4v) is 8.84. The molecule has 0 spiro atoms. The molecule has 0 aliphatic carbocycles. The van der Waals surface area contributed by atoms with Crippen molar-refractivity contribution in [2.45, 2.75) is 322 Å². The van der Waals surface area contributed by atoms with Crippen LogP contribution in [0.2, 0.25) is 0 Å². The lowest BCUT2D eigenvalue weighted by Gasteiger charge is -2.05. The van der Waals surface area contributed by atoms with E-state index in [2.05, 4.69) is 123 Å². The van der Waals surface area contributed by atoms with Crippen LogP contribution in [0.25, 0.3) is 0 Å². The van der Waals surface area contributed by atoms with Crippen molar-refractivity contribution in [2.75, 3.05) is 6.61 Å². The van der Waals surface area contributed by atoms with E-state index in [1.165, 1.54) is 295 Å². The first-order valence-electron chi connectivity index (χ1n) is 29.5. The van der Waals surface area contributed by atoms with Crippen molar-refractivity contribution < 1.29 is 126 Å². The summed E-state index contributed by atoms with van der Waals surface area (Å²) >= 11 is 0. The Balaban J connectivity index is 3.07. The maximum atomic E-state index is 7.63. The van der Waals surface area contributed by atoms with Crippen LogP contribution in [0.1, 0.15) is 322 Å². The molecule has 25 nitrogen and oxygen atoms in total. The van der Waals surface area contributed by atoms with E-state index in [9.17, 15) is 0 Å². The molecule has 0 aromatic carbocycles. The second kappa shape index (κ2) is 74.0. The van der Waals surface area contributed by atoms with Gasteiger partial charge in [-0.05, 0) is 87.0 Å². The van der Waals surface area contributed by atoms with E-state index < -0.39 is 0 Å². The van der Waals surface area contributed by atoms with E-state index >= 15 is 0 Å². The fraction of sp³-hybridized carbons (Fsp3) is 1.00. The van der Waals surface area contributed by atoms with Gasteiger partial charge in [0.2, 0.25) is 0 Å². The zero-order chi connectivity index (χ0) is 54.3. The van der Waals surface area contributed by atoms with Crippen molar-refractivity contribution in [1.82, 2.24) is 0 Å². The Morgan fingerprint density at radius 3 is 0.447 bits per heavy atom. The van der Waals surface area contributed by atoms with E-state index in [0.29, 0.717) is 0 Å². The lowest BCUT2D eigenvalue weighted by molar-refractivity contribution is -0.900. The Bertz CT molecular complexity index is 914. The summed E-state index contributed by atoms with van der Waals surface area (Å²) in [4.78, 5) is 4.75. The van der Waals surface area contributed by atoms with E-state index in [0.717, 1.165) is 19.3 Å². The minimum absolute atomic E-state index is 0.282. The van der Waals surface area contributed by atoms with E-state index in [-0.39, 0.29) is 6.61 Å². The molecule has 0 saturated heterocycles. The van der Waals surface area contributed by atoms with Crippen molar-refractivity contribution in [3.8, 4) is 0 Å². The molecule has 0 rings (SSSR count). The third kappa shape index (κ3) is 73.0. The van der Waals surface area contributed by atoms with Crippen molar-refractivity contribution in [3.63, 3.8) is 0 Å². The molecule has 0 unspecified atom stereocenters. The van der Waals surface area contributed by atoms with Crippen LogP contribution in [0.4, 0.5) is 0 Å². The Labute approximate surface area is 453 Å². The van der Waals surface area contributed by atoms with Crippen LogP contribution in [-0.4, -0.2) is 11.9 Å². The van der Waals surface area contributed by atoms with Crippen molar-refractivity contribution in [2.24, 2.45) is 0 Å². The average molecular weight is 1120 g/mol. The minimum Gasteiger partial charge on any atom is -0.219 e. The third-order valence-electron chi connectivity index (χ3n) is 13.0. The molecule has 0 atom stereocenters. The highest BCUT2D eigenvalue weighted by Crippen LogP contribution is 2.19. The molecular weight excluding hydrogens is 1010 g/mol. The Morgan fingerprint density at radius 1 is 0.158 bits per heavy atom. The molecule has 0 heterocycles. The van der Waals surface area contributed by atoms with Gasteiger partial charge < -0.3 is 0 Å². The maximum Gasteiger partial charge on any atom is 0.0855 e. The van der Waals surface area contributed by atoms with Gasteiger partial charge in [-0.15, -0.1) is 0 Å². The molecule has 0 aromatic rings. The van der Waals surface area contributed by atoms with Gasteiger partial charge in [0.1, 0.15) is 0 Å². The Kier molecular flexibility index (Phi) is 73.0. The average Bonchev–Trinajstić information content (AvgIpc) is 3.43. The summed E-state index contributed by atoms with van der Waals surface area (Å²) in [6, 6.07) is 0. The second-order valence-electron chi connectivity index (χ2n) is 19.4. The molecule has 0 fully saturated rings. The molecule has 1 N–H and O–H groups in total. The van der Waals surface area contributed by atoms with Gasteiger partial charge in [-0.25, -0.2) is 10.1 Å². The number of rotatable bonds is 73. The monoisotopic (exact) mass is 1120 g/mol. The van der Waals surface area contributed by atoms with Gasteiger partial charge in [-0.2, -0.15) is 0 Å². The van der Waals surface area contributed by atoms with Crippen LogP contribution in [0, 0.1) is 0 Å². The molecule has 0 radical (unpaired) electrons. The first-order valence-corrected chi connectivity index (χ1v) is 29.5. The Morgan fingerprint density at radius 2 is 0.289 bits per heavy atom. The molecule has 458 valence electrons. The van der Waals surface area contributed by atoms with E-state index in [1.807, 2.05) is 0 Å². The predicted octanol–water partition coefficient (Wildman–Crippen LogP) is 18.0. The maximum absolute atomic E-state index is 7.63. The number of hydrogen-bond donors (Lipinski definition) is 1. The van der Waals surface area contributed by atoms with E-state index in [1.54, 1.807) is 0 Å². The summed E-state index contributed by atoms with van der Waals surface area (Å²) in [5.74, 6) is 0. The summed E-state index contributed by atoms with van der Waals surface area (Å²) in [6.07, 6.45) is 68.8. The fourth-order valence-electron chi connectivity index (χ4n) is 8.84. The molecular formula is C51H104O25. The minimum atomic E-state index is 0.282. The van der Waals surface area contributed by atoms with Crippen LogP contribution >= 0.6 is 0 Å². The molecule has 0 saturated carbocycles. The lowest BCUT2D eigenvalue weighted by Crippen LogP contribution is -2.06. The Hall–Kier alpha value is -1.00. The number of unbranched alkanes of at least 4 members (excludes halogenated alkanes) is 48. The van der Waals surface area contributed by atoms with Gasteiger partial charge in [-0.1, -0.05) is 315 Å². The molecule has 0 bridgehead atoms. The number of hydrogen-bond acceptors (Lipinski definition) is 25. The normalized spacial score (nSPS) is 11.8. The largest absolute Gasteiger partial charge is 0.219 e. The summed E-state index contributed by atoms with van der Waals surface area (Å²) in [6.45, 7) is 2.58. The standard InChI is InChI=1S/C51H104O25/c1-2-3-4-5-6-7-8-9-10-11-12-13-14-15-16-17-18-19-20-21-22-23-24-25-26-27-28-29-30-31-32-33-34-35-36-37-38-39-40-41-42-43-44-45-46-47-48-49-50-51-53-55-57-59-61-63-65-67-69-71-73-75-76-74-72-70-68-66-64-62-60-58-56-54-52/h52H,2-51H2,1H3. The van der Waals surface area contributed by atoms with Crippen LogP contribution < -0.4 is 0 Å². The van der Waals surface area contributed by atoms with Gasteiger partial charge in [0.15, 0.2) is 0 Å². The van der Waals surface area contributed by atoms with Gasteiger partial charge in [0.05, 0.1) is 6.61 Å². The third-order valence-corrected chi connectivity index (χ3v) is 13.0. The summed E-state index contributed by atoms with van der Waals surface area (Å²) in [5, 5.41) is 90.9. The van der Waals surface area contributed by atoms with Crippen LogP contribution in [-0.2, 0) is 121 Å². The van der Waals surface area contributed by atoms with Crippen molar-refractivity contribution in [3.05, 3.63) is 0 Å². The summed E-state index contributed by atoms with van der Waals surface area (Å²) in [5.41, 5.74) is 0. The van der Waals surface area contributed by atoms with Gasteiger partial charge in [0.25, 0.3) is 0 Å². The molecule has 0 amide bonds. The van der Waals surface area contributed by atoms with Gasteiger partial charge >= 0.3 is 0 Å². The predicted molar refractivity (Wildman–Crippen MR) is 265 cm³/mol.